The predicted octanol–water partition coefficient (Wildman–Crippen LogP) is 8.64. The number of carbonyl (C=O) groups is 2. The third kappa shape index (κ3) is 6.38. The van der Waals surface area contributed by atoms with Crippen LogP contribution in [-0.2, 0) is 26.3 Å². The van der Waals surface area contributed by atoms with Gasteiger partial charge in [-0.2, -0.15) is 10.6 Å². The molecule has 1 aromatic heterocycles. The SMILES string of the molecule is CCOC(=O)CC1(c2ccc(OCc3ccc4scc(-c5ccc(C6CCS(O)(O)CC6)cc5C)c4c3)cc2)CC(=O)C1. The first kappa shape index (κ1) is 29.9. The number of hydrogen-bond donors (Lipinski definition) is 2. The van der Waals surface area contributed by atoms with Gasteiger partial charge in [-0.3, -0.25) is 18.7 Å². The first-order valence-corrected chi connectivity index (χ1v) is 17.7. The van der Waals surface area contributed by atoms with Gasteiger partial charge >= 0.3 is 5.97 Å². The molecule has 6 rings (SSSR count). The number of aryl methyl sites for hydroxylation is 1. The zero-order valence-electron chi connectivity index (χ0n) is 24.6. The van der Waals surface area contributed by atoms with Gasteiger partial charge in [-0.25, -0.2) is 0 Å². The third-order valence-electron chi connectivity index (χ3n) is 8.97. The first-order valence-electron chi connectivity index (χ1n) is 14.9. The minimum Gasteiger partial charge on any atom is -0.489 e. The first-order chi connectivity index (χ1) is 20.6. The molecule has 0 radical (unpaired) electrons. The predicted molar refractivity (Wildman–Crippen MR) is 174 cm³/mol. The van der Waals surface area contributed by atoms with Crippen LogP contribution in [0.4, 0.5) is 0 Å². The van der Waals surface area contributed by atoms with Crippen LogP contribution in [-0.4, -0.2) is 39.0 Å². The normalized spacial score (nSPS) is 18.7. The Balaban J connectivity index is 1.15. The summed E-state index contributed by atoms with van der Waals surface area (Å²) in [6.45, 7) is 4.71. The largest absolute Gasteiger partial charge is 0.489 e. The second-order valence-electron chi connectivity index (χ2n) is 12.0. The van der Waals surface area contributed by atoms with Crippen molar-refractivity contribution in [2.24, 2.45) is 0 Å². The summed E-state index contributed by atoms with van der Waals surface area (Å²) in [5.74, 6) is 2.02. The molecule has 1 saturated heterocycles. The van der Waals surface area contributed by atoms with Crippen LogP contribution in [0.1, 0.15) is 67.2 Å². The minimum atomic E-state index is -2.38. The van der Waals surface area contributed by atoms with Crippen molar-refractivity contribution in [1.82, 2.24) is 0 Å². The Labute approximate surface area is 258 Å². The number of ether oxygens (including phenoxy) is 2. The Hall–Kier alpha value is -3.17. The Morgan fingerprint density at radius 2 is 1.74 bits per heavy atom. The second-order valence-corrected chi connectivity index (χ2v) is 15.3. The summed E-state index contributed by atoms with van der Waals surface area (Å²) in [5, 5.41) is 3.43. The Morgan fingerprint density at radius 3 is 2.42 bits per heavy atom. The number of ketones is 1. The number of esters is 1. The van der Waals surface area contributed by atoms with E-state index in [1.807, 2.05) is 24.3 Å². The van der Waals surface area contributed by atoms with Gasteiger partial charge in [0.05, 0.1) is 13.0 Å². The summed E-state index contributed by atoms with van der Waals surface area (Å²) < 4.78 is 32.5. The van der Waals surface area contributed by atoms with Crippen LogP contribution in [0.15, 0.2) is 66.0 Å². The highest BCUT2D eigenvalue weighted by atomic mass is 32.3. The number of thiophene rings is 1. The summed E-state index contributed by atoms with van der Waals surface area (Å²) in [4.78, 5) is 24.1. The molecule has 8 heteroatoms. The molecule has 0 amide bonds. The van der Waals surface area contributed by atoms with E-state index in [0.29, 0.717) is 43.5 Å². The monoisotopic (exact) mass is 618 g/mol. The third-order valence-corrected chi connectivity index (χ3v) is 11.7. The fourth-order valence-corrected chi connectivity index (χ4v) is 9.02. The van der Waals surface area contributed by atoms with Crippen molar-refractivity contribution in [1.29, 1.82) is 0 Å². The van der Waals surface area contributed by atoms with E-state index in [9.17, 15) is 18.7 Å². The van der Waals surface area contributed by atoms with Gasteiger partial charge in [-0.05, 0) is 90.1 Å². The molecule has 1 aliphatic heterocycles. The lowest BCUT2D eigenvalue weighted by atomic mass is 9.62. The second kappa shape index (κ2) is 12.1. The van der Waals surface area contributed by atoms with E-state index < -0.39 is 16.0 Å². The molecule has 0 spiro atoms. The average molecular weight is 619 g/mol. The Morgan fingerprint density at radius 1 is 1.00 bits per heavy atom. The number of rotatable bonds is 9. The van der Waals surface area contributed by atoms with Crippen LogP contribution in [0.25, 0.3) is 21.2 Å². The van der Waals surface area contributed by atoms with E-state index in [2.05, 4.69) is 48.7 Å². The number of carbonyl (C=O) groups excluding carboxylic acids is 2. The van der Waals surface area contributed by atoms with Crippen molar-refractivity contribution in [2.45, 2.75) is 63.9 Å². The van der Waals surface area contributed by atoms with E-state index in [4.69, 9.17) is 9.47 Å². The lowest BCUT2D eigenvalue weighted by Gasteiger charge is -2.40. The minimum absolute atomic E-state index is 0.172. The number of fused-ring (bicyclic) bond motifs is 1. The molecule has 0 unspecified atom stereocenters. The quantitative estimate of drug-likeness (QED) is 0.182. The van der Waals surface area contributed by atoms with Gasteiger partial charge in [0.1, 0.15) is 18.1 Å². The maximum Gasteiger partial charge on any atom is 0.306 e. The van der Waals surface area contributed by atoms with Gasteiger partial charge in [0, 0.05) is 45.4 Å². The van der Waals surface area contributed by atoms with Crippen LogP contribution in [0.3, 0.4) is 0 Å². The van der Waals surface area contributed by atoms with E-state index >= 15 is 0 Å². The van der Waals surface area contributed by atoms with Crippen molar-refractivity contribution in [3.8, 4) is 16.9 Å². The van der Waals surface area contributed by atoms with E-state index in [-0.39, 0.29) is 18.2 Å². The molecule has 2 aliphatic rings. The van der Waals surface area contributed by atoms with Gasteiger partial charge < -0.3 is 9.47 Å². The van der Waals surface area contributed by atoms with Gasteiger partial charge in [0.2, 0.25) is 0 Å². The van der Waals surface area contributed by atoms with E-state index in [1.54, 1.807) is 18.3 Å². The average Bonchev–Trinajstić information content (AvgIpc) is 3.38. The molecule has 2 N–H and O–H groups in total. The van der Waals surface area contributed by atoms with Crippen molar-refractivity contribution in [3.05, 3.63) is 88.3 Å². The van der Waals surface area contributed by atoms with Crippen molar-refractivity contribution in [3.63, 3.8) is 0 Å². The fraction of sp³-hybridized carbons (Fsp3) is 0.371. The highest BCUT2D eigenvalue weighted by Gasteiger charge is 2.46. The van der Waals surface area contributed by atoms with Crippen molar-refractivity contribution >= 4 is 43.8 Å². The maximum absolute atomic E-state index is 12.2. The molecular formula is C35H38O6S2. The van der Waals surface area contributed by atoms with Crippen LogP contribution in [0.2, 0.25) is 0 Å². The van der Waals surface area contributed by atoms with Crippen LogP contribution < -0.4 is 4.74 Å². The van der Waals surface area contributed by atoms with Gasteiger partial charge in [0.25, 0.3) is 0 Å². The molecule has 2 heterocycles. The van der Waals surface area contributed by atoms with Crippen LogP contribution in [0, 0.1) is 6.92 Å². The van der Waals surface area contributed by atoms with Crippen molar-refractivity contribution < 1.29 is 28.2 Å². The van der Waals surface area contributed by atoms with Gasteiger partial charge in [-0.1, -0.05) is 36.4 Å². The highest BCUT2D eigenvalue weighted by molar-refractivity contribution is 8.24. The Bertz CT molecular complexity index is 1640. The lowest BCUT2D eigenvalue weighted by Crippen LogP contribution is -2.43. The van der Waals surface area contributed by atoms with E-state index in [0.717, 1.165) is 29.7 Å². The topological polar surface area (TPSA) is 93.1 Å². The van der Waals surface area contributed by atoms with Gasteiger partial charge in [-0.15, -0.1) is 11.3 Å². The molecule has 0 bridgehead atoms. The smallest absolute Gasteiger partial charge is 0.306 e. The lowest BCUT2D eigenvalue weighted by molar-refractivity contribution is -0.147. The zero-order chi connectivity index (χ0) is 30.2. The number of benzene rings is 3. The molecule has 2 fully saturated rings. The molecule has 4 aromatic rings. The summed E-state index contributed by atoms with van der Waals surface area (Å²) in [6, 6.07) is 20.9. The molecule has 1 saturated carbocycles. The molecule has 3 aromatic carbocycles. The molecule has 1 aliphatic carbocycles. The Kier molecular flexibility index (Phi) is 8.39. The van der Waals surface area contributed by atoms with Crippen LogP contribution >= 0.6 is 21.9 Å². The summed E-state index contributed by atoms with van der Waals surface area (Å²) >= 11 is 1.74. The maximum atomic E-state index is 12.2. The van der Waals surface area contributed by atoms with Crippen molar-refractivity contribution in [2.75, 3.05) is 18.1 Å². The standard InChI is InChI=1S/C35H38O6S2/c1-3-40-34(37)20-35(18-28(36)19-35)27-6-8-29(9-7-27)41-21-24-4-11-33-31(17-24)32(22-42-33)30-10-5-26(16-23(30)2)25-12-14-43(38,39)15-13-25/h4-11,16-17,22,25,38-39H,3,12-15,18-21H2,1-2H3. The molecule has 226 valence electrons. The zero-order valence-corrected chi connectivity index (χ0v) is 26.3. The summed E-state index contributed by atoms with van der Waals surface area (Å²) in [6.07, 6.45) is 2.60. The number of Topliss-reactive ketones (excluding diaryl/α,β-unsaturated/α-hetero) is 1. The van der Waals surface area contributed by atoms with Crippen LogP contribution in [0.5, 0.6) is 5.75 Å². The summed E-state index contributed by atoms with van der Waals surface area (Å²) in [5.41, 5.74) is 6.52. The van der Waals surface area contributed by atoms with Gasteiger partial charge in [0.15, 0.2) is 0 Å². The number of hydrogen-bond acceptors (Lipinski definition) is 7. The molecule has 43 heavy (non-hydrogen) atoms. The molecular weight excluding hydrogens is 581 g/mol. The fourth-order valence-electron chi connectivity index (χ4n) is 6.55. The van der Waals surface area contributed by atoms with E-state index in [1.165, 1.54) is 32.3 Å². The molecule has 6 nitrogen and oxygen atoms in total. The molecule has 0 atom stereocenters. The highest BCUT2D eigenvalue weighted by Crippen LogP contribution is 2.49. The summed E-state index contributed by atoms with van der Waals surface area (Å²) in [7, 11) is -2.38.